The third-order valence-corrected chi connectivity index (χ3v) is 3.90. The molecule has 0 fully saturated rings. The van der Waals surface area contributed by atoms with Crippen LogP contribution in [0, 0.1) is 0 Å². The maximum absolute atomic E-state index is 6.07. The second-order valence-corrected chi connectivity index (χ2v) is 5.60. The molecule has 1 heterocycles. The number of para-hydroxylation sites is 1. The third-order valence-electron chi connectivity index (χ3n) is 3.65. The summed E-state index contributed by atoms with van der Waals surface area (Å²) in [5.74, 6) is 0.952. The number of nitrogens with two attached hydrogens (primary N) is 1. The molecule has 108 valence electrons. The molecule has 2 N–H and O–H groups in total. The van der Waals surface area contributed by atoms with E-state index >= 15 is 0 Å². The highest BCUT2D eigenvalue weighted by molar-refractivity contribution is 6.30. The first kappa shape index (κ1) is 14.0. The monoisotopic (exact) mass is 299 g/mol. The first-order valence-electron chi connectivity index (χ1n) is 7.21. The molecular formula is C17H18ClN3. The summed E-state index contributed by atoms with van der Waals surface area (Å²) < 4.78 is 2.25. The average Bonchev–Trinajstić information content (AvgIpc) is 2.86. The molecule has 0 saturated carbocycles. The minimum absolute atomic E-state index is 0.720. The van der Waals surface area contributed by atoms with E-state index < -0.39 is 0 Å². The number of nitrogen functional groups attached to an aromatic ring is 1. The van der Waals surface area contributed by atoms with Gasteiger partial charge in [0, 0.05) is 17.1 Å². The first-order chi connectivity index (χ1) is 10.2. The molecule has 3 nitrogen and oxygen atoms in total. The fraction of sp³-hybridized carbons (Fsp3) is 0.235. The van der Waals surface area contributed by atoms with Crippen LogP contribution in [-0.2, 0) is 6.54 Å². The number of fused-ring (bicyclic) bond motifs is 1. The Kier molecular flexibility index (Phi) is 3.84. The lowest BCUT2D eigenvalue weighted by atomic mass is 10.2. The van der Waals surface area contributed by atoms with E-state index in [1.807, 2.05) is 36.4 Å². The van der Waals surface area contributed by atoms with Crippen LogP contribution < -0.4 is 5.73 Å². The Hall–Kier alpha value is -2.00. The minimum Gasteiger partial charge on any atom is -0.397 e. The van der Waals surface area contributed by atoms with Crippen molar-refractivity contribution in [3.63, 3.8) is 0 Å². The summed E-state index contributed by atoms with van der Waals surface area (Å²) in [4.78, 5) is 4.76. The molecule has 0 atom stereocenters. The largest absolute Gasteiger partial charge is 0.397 e. The number of aromatic nitrogens is 2. The van der Waals surface area contributed by atoms with E-state index in [0.717, 1.165) is 52.5 Å². The van der Waals surface area contributed by atoms with Crippen LogP contribution in [0.2, 0.25) is 5.02 Å². The van der Waals surface area contributed by atoms with Crippen LogP contribution >= 0.6 is 11.6 Å². The molecule has 3 aromatic rings. The zero-order chi connectivity index (χ0) is 14.8. The highest BCUT2D eigenvalue weighted by Crippen LogP contribution is 2.29. The smallest absolute Gasteiger partial charge is 0.141 e. The van der Waals surface area contributed by atoms with Crippen LogP contribution in [0.15, 0.2) is 42.5 Å². The maximum atomic E-state index is 6.07. The van der Waals surface area contributed by atoms with Crippen molar-refractivity contribution in [3.8, 4) is 11.4 Å². The molecule has 0 bridgehead atoms. The number of aryl methyl sites for hydroxylation is 1. The fourth-order valence-corrected chi connectivity index (χ4v) is 2.66. The molecule has 0 unspecified atom stereocenters. The Balaban J connectivity index is 2.20. The van der Waals surface area contributed by atoms with Crippen molar-refractivity contribution < 1.29 is 0 Å². The highest BCUT2D eigenvalue weighted by atomic mass is 35.5. The number of rotatable bonds is 4. The summed E-state index contributed by atoms with van der Waals surface area (Å²) in [6.07, 6.45) is 2.25. The van der Waals surface area contributed by atoms with Crippen molar-refractivity contribution in [1.29, 1.82) is 0 Å². The highest BCUT2D eigenvalue weighted by Gasteiger charge is 2.13. The molecule has 2 aromatic carbocycles. The Bertz CT molecular complexity index is 760. The van der Waals surface area contributed by atoms with Crippen molar-refractivity contribution in [2.24, 2.45) is 0 Å². The Morgan fingerprint density at radius 1 is 1.14 bits per heavy atom. The number of hydrogen-bond donors (Lipinski definition) is 1. The lowest BCUT2D eigenvalue weighted by Crippen LogP contribution is -2.00. The lowest BCUT2D eigenvalue weighted by molar-refractivity contribution is 0.651. The van der Waals surface area contributed by atoms with Crippen LogP contribution in [0.5, 0.6) is 0 Å². The van der Waals surface area contributed by atoms with Crippen molar-refractivity contribution in [2.45, 2.75) is 26.3 Å². The second kappa shape index (κ2) is 5.78. The molecule has 21 heavy (non-hydrogen) atoms. The summed E-state index contributed by atoms with van der Waals surface area (Å²) in [6.45, 7) is 3.13. The van der Waals surface area contributed by atoms with Crippen LogP contribution in [0.3, 0.4) is 0 Å². The Morgan fingerprint density at radius 2 is 1.90 bits per heavy atom. The predicted molar refractivity (Wildman–Crippen MR) is 89.5 cm³/mol. The molecule has 0 saturated heterocycles. The van der Waals surface area contributed by atoms with E-state index in [1.54, 1.807) is 0 Å². The fourth-order valence-electron chi connectivity index (χ4n) is 2.53. The van der Waals surface area contributed by atoms with Gasteiger partial charge >= 0.3 is 0 Å². The molecule has 1 aromatic heterocycles. The minimum atomic E-state index is 0.720. The van der Waals surface area contributed by atoms with E-state index in [-0.39, 0.29) is 0 Å². The number of imidazole rings is 1. The predicted octanol–water partition coefficient (Wildman–Crippen LogP) is 4.74. The molecule has 0 radical (unpaired) electrons. The van der Waals surface area contributed by atoms with Crippen molar-refractivity contribution in [2.75, 3.05) is 5.73 Å². The number of hydrogen-bond acceptors (Lipinski definition) is 2. The molecule has 0 aliphatic heterocycles. The van der Waals surface area contributed by atoms with Gasteiger partial charge in [-0.25, -0.2) is 4.98 Å². The summed E-state index contributed by atoms with van der Waals surface area (Å²) in [6, 6.07) is 13.7. The van der Waals surface area contributed by atoms with E-state index in [9.17, 15) is 0 Å². The van der Waals surface area contributed by atoms with E-state index in [2.05, 4.69) is 17.6 Å². The van der Waals surface area contributed by atoms with Gasteiger partial charge in [0.25, 0.3) is 0 Å². The number of nitrogens with zero attached hydrogens (tertiary/aromatic N) is 2. The van der Waals surface area contributed by atoms with Gasteiger partial charge in [0.2, 0.25) is 0 Å². The van der Waals surface area contributed by atoms with Gasteiger partial charge in [-0.3, -0.25) is 0 Å². The van der Waals surface area contributed by atoms with Gasteiger partial charge in [-0.05, 0) is 42.8 Å². The normalized spacial score (nSPS) is 11.1. The third kappa shape index (κ3) is 2.61. The van der Waals surface area contributed by atoms with Gasteiger partial charge in [-0.2, -0.15) is 0 Å². The molecular weight excluding hydrogens is 282 g/mol. The number of benzene rings is 2. The van der Waals surface area contributed by atoms with E-state index in [0.29, 0.717) is 0 Å². The molecule has 0 aliphatic rings. The molecule has 0 spiro atoms. The molecule has 0 aliphatic carbocycles. The van der Waals surface area contributed by atoms with E-state index in [1.165, 1.54) is 0 Å². The van der Waals surface area contributed by atoms with E-state index in [4.69, 9.17) is 22.3 Å². The number of unbranched alkanes of at least 4 members (excludes halogenated alkanes) is 1. The van der Waals surface area contributed by atoms with Crippen molar-refractivity contribution in [3.05, 3.63) is 47.5 Å². The standard InChI is InChI=1S/C17H18ClN3/c1-2-3-11-21-15-6-4-5-14(19)16(15)20-17(21)12-7-9-13(18)10-8-12/h4-10H,2-3,11,19H2,1H3. The second-order valence-electron chi connectivity index (χ2n) is 5.16. The van der Waals surface area contributed by atoms with Gasteiger partial charge in [-0.15, -0.1) is 0 Å². The van der Waals surface area contributed by atoms with Gasteiger partial charge in [-0.1, -0.05) is 31.0 Å². The molecule has 4 heteroatoms. The summed E-state index contributed by atoms with van der Waals surface area (Å²) in [7, 11) is 0. The molecule has 0 amide bonds. The molecule has 3 rings (SSSR count). The Morgan fingerprint density at radius 3 is 2.62 bits per heavy atom. The van der Waals surface area contributed by atoms with Gasteiger partial charge in [0.15, 0.2) is 0 Å². The summed E-state index contributed by atoms with van der Waals surface area (Å²) >= 11 is 5.98. The zero-order valence-electron chi connectivity index (χ0n) is 12.0. The van der Waals surface area contributed by atoms with Crippen LogP contribution in [0.25, 0.3) is 22.4 Å². The maximum Gasteiger partial charge on any atom is 0.141 e. The Labute approximate surface area is 129 Å². The summed E-state index contributed by atoms with van der Waals surface area (Å²) in [5.41, 5.74) is 9.82. The van der Waals surface area contributed by atoms with Gasteiger partial charge in [0.05, 0.1) is 11.2 Å². The number of anilines is 1. The quantitative estimate of drug-likeness (QED) is 0.707. The number of halogens is 1. The van der Waals surface area contributed by atoms with Crippen molar-refractivity contribution in [1.82, 2.24) is 9.55 Å². The van der Waals surface area contributed by atoms with Crippen LogP contribution in [0.1, 0.15) is 19.8 Å². The van der Waals surface area contributed by atoms with Crippen LogP contribution in [-0.4, -0.2) is 9.55 Å². The zero-order valence-corrected chi connectivity index (χ0v) is 12.8. The van der Waals surface area contributed by atoms with Crippen molar-refractivity contribution >= 4 is 28.3 Å². The average molecular weight is 300 g/mol. The first-order valence-corrected chi connectivity index (χ1v) is 7.59. The van der Waals surface area contributed by atoms with Crippen LogP contribution in [0.4, 0.5) is 5.69 Å². The topological polar surface area (TPSA) is 43.8 Å². The SMILES string of the molecule is CCCCn1c(-c2ccc(Cl)cc2)nc2c(N)cccc21. The lowest BCUT2D eigenvalue weighted by Gasteiger charge is -2.08. The van der Waals surface area contributed by atoms with Gasteiger partial charge in [0.1, 0.15) is 11.3 Å². The van der Waals surface area contributed by atoms with Gasteiger partial charge < -0.3 is 10.3 Å². The summed E-state index contributed by atoms with van der Waals surface area (Å²) in [5, 5.41) is 0.731.